The number of rotatable bonds is 6. The molecule has 0 saturated heterocycles. The van der Waals surface area contributed by atoms with Crippen LogP contribution in [0.4, 0.5) is 4.39 Å². The number of amides is 1. The molecule has 1 amide bonds. The fraction of sp³-hybridized carbons (Fsp3) is 0.462. The number of ether oxygens (including phenoxy) is 1. The van der Waals surface area contributed by atoms with Crippen molar-refractivity contribution >= 4 is 5.91 Å². The maximum atomic E-state index is 13.2. The summed E-state index contributed by atoms with van der Waals surface area (Å²) in [7, 11) is 1.54. The highest BCUT2D eigenvalue weighted by Gasteiger charge is 2.08. The Morgan fingerprint density at radius 1 is 1.44 bits per heavy atom. The van der Waals surface area contributed by atoms with E-state index in [1.807, 2.05) is 13.8 Å². The maximum absolute atomic E-state index is 13.2. The van der Waals surface area contributed by atoms with Gasteiger partial charge in [-0.05, 0) is 18.2 Å². The number of carbonyl (C=O) groups is 1. The maximum Gasteiger partial charge on any atom is 0.257 e. The number of likely N-dealkylation sites (N-methyl/N-ethyl adjacent to an activating group) is 1. The third kappa shape index (κ3) is 4.71. The zero-order valence-electron chi connectivity index (χ0n) is 10.9. The third-order valence-electron chi connectivity index (χ3n) is 2.36. The summed E-state index contributed by atoms with van der Waals surface area (Å²) in [6.45, 7) is 4.43. The molecule has 4 nitrogen and oxygen atoms in total. The topological polar surface area (TPSA) is 50.4 Å². The molecule has 0 atom stereocenters. The summed E-state index contributed by atoms with van der Waals surface area (Å²) in [5.74, 6) is -0.0157. The predicted octanol–water partition coefficient (Wildman–Crippen LogP) is 1.45. The van der Waals surface area contributed by atoms with Crippen LogP contribution in [0.25, 0.3) is 0 Å². The van der Waals surface area contributed by atoms with Crippen molar-refractivity contribution in [2.75, 3.05) is 13.7 Å². The van der Waals surface area contributed by atoms with Crippen molar-refractivity contribution in [2.45, 2.75) is 26.4 Å². The minimum absolute atomic E-state index is 0.0726. The van der Waals surface area contributed by atoms with Crippen molar-refractivity contribution in [3.05, 3.63) is 29.6 Å². The van der Waals surface area contributed by atoms with Crippen molar-refractivity contribution in [2.24, 2.45) is 0 Å². The summed E-state index contributed by atoms with van der Waals surface area (Å²) >= 11 is 0. The lowest BCUT2D eigenvalue weighted by Gasteiger charge is -2.13. The van der Waals surface area contributed by atoms with Crippen molar-refractivity contribution < 1.29 is 13.9 Å². The molecule has 0 aromatic heterocycles. The van der Waals surface area contributed by atoms with Gasteiger partial charge in [0.1, 0.15) is 11.6 Å². The molecule has 0 aliphatic heterocycles. The third-order valence-corrected chi connectivity index (χ3v) is 2.36. The molecule has 5 heteroatoms. The van der Waals surface area contributed by atoms with E-state index in [2.05, 4.69) is 10.6 Å². The lowest BCUT2D eigenvalue weighted by Crippen LogP contribution is -2.26. The molecule has 1 aromatic rings. The largest absolute Gasteiger partial charge is 0.483 e. The van der Waals surface area contributed by atoms with Crippen LogP contribution < -0.4 is 15.4 Å². The van der Waals surface area contributed by atoms with E-state index in [9.17, 15) is 9.18 Å². The van der Waals surface area contributed by atoms with Gasteiger partial charge in [0.25, 0.3) is 5.91 Å². The molecule has 0 aliphatic rings. The fourth-order valence-corrected chi connectivity index (χ4v) is 1.36. The molecular formula is C13H19FN2O2. The van der Waals surface area contributed by atoms with E-state index in [1.165, 1.54) is 25.2 Å². The Bertz CT molecular complexity index is 408. The van der Waals surface area contributed by atoms with Crippen LogP contribution in [0.1, 0.15) is 19.4 Å². The number of halogens is 1. The molecule has 2 N–H and O–H groups in total. The highest BCUT2D eigenvalue weighted by molar-refractivity contribution is 5.77. The first kappa shape index (κ1) is 14.4. The second-order valence-corrected chi connectivity index (χ2v) is 4.25. The van der Waals surface area contributed by atoms with Crippen LogP contribution in [0.5, 0.6) is 5.75 Å². The number of hydrogen-bond donors (Lipinski definition) is 2. The summed E-state index contributed by atoms with van der Waals surface area (Å²) in [4.78, 5) is 11.1. The zero-order valence-corrected chi connectivity index (χ0v) is 10.9. The van der Waals surface area contributed by atoms with E-state index in [4.69, 9.17) is 4.74 Å². The summed E-state index contributed by atoms with van der Waals surface area (Å²) < 4.78 is 18.5. The monoisotopic (exact) mass is 254 g/mol. The van der Waals surface area contributed by atoms with Gasteiger partial charge >= 0.3 is 0 Å². The van der Waals surface area contributed by atoms with Gasteiger partial charge in [-0.15, -0.1) is 0 Å². The van der Waals surface area contributed by atoms with Crippen molar-refractivity contribution in [3.8, 4) is 5.75 Å². The Kier molecular flexibility index (Phi) is 5.58. The van der Waals surface area contributed by atoms with E-state index in [-0.39, 0.29) is 18.3 Å². The lowest BCUT2D eigenvalue weighted by molar-refractivity contribution is -0.122. The quantitative estimate of drug-likeness (QED) is 0.808. The molecular weight excluding hydrogens is 235 g/mol. The lowest BCUT2D eigenvalue weighted by atomic mass is 10.2. The van der Waals surface area contributed by atoms with Gasteiger partial charge < -0.3 is 15.4 Å². The molecule has 18 heavy (non-hydrogen) atoms. The first-order chi connectivity index (χ1) is 8.52. The second kappa shape index (κ2) is 6.96. The van der Waals surface area contributed by atoms with Crippen molar-refractivity contribution in [3.63, 3.8) is 0 Å². The second-order valence-electron chi connectivity index (χ2n) is 4.25. The van der Waals surface area contributed by atoms with Crippen molar-refractivity contribution in [1.29, 1.82) is 0 Å². The van der Waals surface area contributed by atoms with Crippen LogP contribution in [-0.4, -0.2) is 25.6 Å². The van der Waals surface area contributed by atoms with Crippen LogP contribution in [0.2, 0.25) is 0 Å². The van der Waals surface area contributed by atoms with E-state index in [0.717, 1.165) is 0 Å². The highest BCUT2D eigenvalue weighted by Crippen LogP contribution is 2.19. The average Bonchev–Trinajstić information content (AvgIpc) is 2.34. The SMILES string of the molecule is CNC(=O)COc1ccc(F)cc1CNC(C)C. The van der Waals surface area contributed by atoms with Crippen LogP contribution in [0.15, 0.2) is 18.2 Å². The minimum Gasteiger partial charge on any atom is -0.483 e. The molecule has 0 heterocycles. The predicted molar refractivity (Wildman–Crippen MR) is 67.9 cm³/mol. The van der Waals surface area contributed by atoms with E-state index in [0.29, 0.717) is 23.9 Å². The summed E-state index contributed by atoms with van der Waals surface area (Å²) in [6, 6.07) is 4.56. The van der Waals surface area contributed by atoms with Gasteiger partial charge in [-0.25, -0.2) is 4.39 Å². The molecule has 0 aliphatic carbocycles. The molecule has 0 spiro atoms. The smallest absolute Gasteiger partial charge is 0.257 e. The molecule has 0 bridgehead atoms. The Morgan fingerprint density at radius 3 is 2.78 bits per heavy atom. The van der Waals surface area contributed by atoms with Gasteiger partial charge in [0, 0.05) is 25.2 Å². The molecule has 1 rings (SSSR count). The Balaban J connectivity index is 2.72. The number of carbonyl (C=O) groups excluding carboxylic acids is 1. The minimum atomic E-state index is -0.317. The van der Waals surface area contributed by atoms with Gasteiger partial charge in [-0.2, -0.15) is 0 Å². The molecule has 0 radical (unpaired) electrons. The molecule has 0 saturated carbocycles. The Labute approximate surface area is 107 Å². The Hall–Kier alpha value is -1.62. The number of hydrogen-bond acceptors (Lipinski definition) is 3. The van der Waals surface area contributed by atoms with E-state index in [1.54, 1.807) is 0 Å². The molecule has 0 unspecified atom stereocenters. The van der Waals surface area contributed by atoms with Crippen LogP contribution in [0.3, 0.4) is 0 Å². The summed E-state index contributed by atoms with van der Waals surface area (Å²) in [5.41, 5.74) is 0.701. The molecule has 100 valence electrons. The van der Waals surface area contributed by atoms with Crippen LogP contribution >= 0.6 is 0 Å². The van der Waals surface area contributed by atoms with E-state index < -0.39 is 0 Å². The molecule has 0 fully saturated rings. The number of benzene rings is 1. The first-order valence-corrected chi connectivity index (χ1v) is 5.88. The molecule has 1 aromatic carbocycles. The van der Waals surface area contributed by atoms with Crippen LogP contribution in [-0.2, 0) is 11.3 Å². The van der Waals surface area contributed by atoms with Gasteiger partial charge in [-0.3, -0.25) is 4.79 Å². The van der Waals surface area contributed by atoms with Gasteiger partial charge in [0.2, 0.25) is 0 Å². The number of nitrogens with one attached hydrogen (secondary N) is 2. The van der Waals surface area contributed by atoms with Crippen LogP contribution in [0, 0.1) is 5.82 Å². The standard InChI is InChI=1S/C13H19FN2O2/c1-9(2)16-7-10-6-11(14)4-5-12(10)18-8-13(17)15-3/h4-6,9,16H,7-8H2,1-3H3,(H,15,17). The van der Waals surface area contributed by atoms with E-state index >= 15 is 0 Å². The summed E-state index contributed by atoms with van der Waals surface area (Å²) in [5, 5.41) is 5.65. The zero-order chi connectivity index (χ0) is 13.5. The first-order valence-electron chi connectivity index (χ1n) is 5.88. The van der Waals surface area contributed by atoms with Gasteiger partial charge in [0.05, 0.1) is 0 Å². The average molecular weight is 254 g/mol. The van der Waals surface area contributed by atoms with Crippen molar-refractivity contribution in [1.82, 2.24) is 10.6 Å². The summed E-state index contributed by atoms with van der Waals surface area (Å²) in [6.07, 6.45) is 0. The Morgan fingerprint density at radius 2 is 2.17 bits per heavy atom. The normalized spacial score (nSPS) is 10.5. The fourth-order valence-electron chi connectivity index (χ4n) is 1.36. The van der Waals surface area contributed by atoms with Gasteiger partial charge in [-0.1, -0.05) is 13.8 Å². The van der Waals surface area contributed by atoms with Gasteiger partial charge in [0.15, 0.2) is 6.61 Å². The highest BCUT2D eigenvalue weighted by atomic mass is 19.1.